The molecule has 1 aliphatic rings. The predicted octanol–water partition coefficient (Wildman–Crippen LogP) is 4.21. The zero-order valence-electron chi connectivity index (χ0n) is 14.2. The van der Waals surface area contributed by atoms with Crippen LogP contribution in [0.25, 0.3) is 0 Å². The Morgan fingerprint density at radius 2 is 1.90 bits per heavy atom. The molecule has 0 aliphatic heterocycles. The summed E-state index contributed by atoms with van der Waals surface area (Å²) < 4.78 is 0. The standard InChI is InChI=1S/C18H31N3/c1-5-15-6-8-16(9-7-15)18-20-14(4)10-17(21-18)12-19-11-13(2)3/h10,13,15-16,19H,5-9,11-12H2,1-4H3. The number of nitrogens with one attached hydrogen (secondary N) is 1. The first-order valence-corrected chi connectivity index (χ1v) is 8.63. The van der Waals surface area contributed by atoms with Gasteiger partial charge in [-0.2, -0.15) is 0 Å². The summed E-state index contributed by atoms with van der Waals surface area (Å²) in [4.78, 5) is 9.54. The Labute approximate surface area is 130 Å². The quantitative estimate of drug-likeness (QED) is 0.852. The second-order valence-corrected chi connectivity index (χ2v) is 7.01. The maximum atomic E-state index is 4.83. The summed E-state index contributed by atoms with van der Waals surface area (Å²) in [6, 6.07) is 2.12. The fraction of sp³-hybridized carbons (Fsp3) is 0.778. The topological polar surface area (TPSA) is 37.8 Å². The smallest absolute Gasteiger partial charge is 0.131 e. The first-order valence-electron chi connectivity index (χ1n) is 8.63. The SMILES string of the molecule is CCC1CCC(c2nc(C)cc(CNCC(C)C)n2)CC1. The highest BCUT2D eigenvalue weighted by atomic mass is 14.9. The minimum absolute atomic E-state index is 0.580. The van der Waals surface area contributed by atoms with Crippen molar-refractivity contribution >= 4 is 0 Å². The van der Waals surface area contributed by atoms with Crippen LogP contribution in [-0.4, -0.2) is 16.5 Å². The molecule has 0 saturated heterocycles. The molecule has 3 heteroatoms. The molecule has 0 spiro atoms. The lowest BCUT2D eigenvalue weighted by Gasteiger charge is -2.27. The van der Waals surface area contributed by atoms with Crippen LogP contribution in [0.3, 0.4) is 0 Å². The van der Waals surface area contributed by atoms with E-state index in [0.29, 0.717) is 11.8 Å². The summed E-state index contributed by atoms with van der Waals surface area (Å²) in [7, 11) is 0. The summed E-state index contributed by atoms with van der Waals surface area (Å²) in [5.41, 5.74) is 2.26. The molecule has 2 rings (SSSR count). The van der Waals surface area contributed by atoms with Crippen molar-refractivity contribution < 1.29 is 0 Å². The highest BCUT2D eigenvalue weighted by Gasteiger charge is 2.23. The van der Waals surface area contributed by atoms with Crippen LogP contribution in [0.4, 0.5) is 0 Å². The molecule has 21 heavy (non-hydrogen) atoms. The zero-order chi connectivity index (χ0) is 15.2. The van der Waals surface area contributed by atoms with E-state index in [-0.39, 0.29) is 0 Å². The lowest BCUT2D eigenvalue weighted by atomic mass is 9.80. The molecule has 3 nitrogen and oxygen atoms in total. The van der Waals surface area contributed by atoms with Gasteiger partial charge in [0.15, 0.2) is 0 Å². The van der Waals surface area contributed by atoms with Gasteiger partial charge in [0.05, 0.1) is 5.69 Å². The third-order valence-electron chi connectivity index (χ3n) is 4.57. The normalized spacial score (nSPS) is 22.7. The molecule has 1 N–H and O–H groups in total. The largest absolute Gasteiger partial charge is 0.311 e. The third kappa shape index (κ3) is 5.06. The predicted molar refractivity (Wildman–Crippen MR) is 88.3 cm³/mol. The molecule has 1 aromatic heterocycles. The van der Waals surface area contributed by atoms with Crippen molar-refractivity contribution in [2.24, 2.45) is 11.8 Å². The van der Waals surface area contributed by atoms with Gasteiger partial charge in [0, 0.05) is 18.2 Å². The summed E-state index contributed by atoms with van der Waals surface area (Å²) in [5.74, 6) is 3.28. The van der Waals surface area contributed by atoms with Crippen LogP contribution >= 0.6 is 0 Å². The number of rotatable bonds is 6. The Morgan fingerprint density at radius 1 is 1.19 bits per heavy atom. The Morgan fingerprint density at radius 3 is 2.52 bits per heavy atom. The Kier molecular flexibility index (Phi) is 6.16. The molecule has 1 fully saturated rings. The van der Waals surface area contributed by atoms with E-state index in [2.05, 4.69) is 39.1 Å². The van der Waals surface area contributed by atoms with Crippen LogP contribution in [-0.2, 0) is 6.54 Å². The average molecular weight is 289 g/mol. The third-order valence-corrected chi connectivity index (χ3v) is 4.57. The van der Waals surface area contributed by atoms with Gasteiger partial charge in [-0.1, -0.05) is 27.2 Å². The van der Waals surface area contributed by atoms with Crippen molar-refractivity contribution in [1.29, 1.82) is 0 Å². The summed E-state index contributed by atoms with van der Waals surface area (Å²) in [6.45, 7) is 10.8. The molecule has 1 aromatic rings. The first kappa shape index (κ1) is 16.4. The van der Waals surface area contributed by atoms with Crippen molar-refractivity contribution in [3.8, 4) is 0 Å². The van der Waals surface area contributed by atoms with E-state index in [4.69, 9.17) is 9.97 Å². The number of hydrogen-bond donors (Lipinski definition) is 1. The van der Waals surface area contributed by atoms with E-state index in [9.17, 15) is 0 Å². The van der Waals surface area contributed by atoms with Crippen molar-refractivity contribution in [2.45, 2.75) is 72.3 Å². The van der Waals surface area contributed by atoms with E-state index >= 15 is 0 Å². The molecular formula is C18H31N3. The fourth-order valence-electron chi connectivity index (χ4n) is 3.25. The summed E-state index contributed by atoms with van der Waals surface area (Å²) in [5, 5.41) is 3.48. The fourth-order valence-corrected chi connectivity index (χ4v) is 3.25. The molecular weight excluding hydrogens is 258 g/mol. The van der Waals surface area contributed by atoms with E-state index in [1.807, 2.05) is 0 Å². The highest BCUT2D eigenvalue weighted by Crippen LogP contribution is 2.35. The number of aromatic nitrogens is 2. The lowest BCUT2D eigenvalue weighted by Crippen LogP contribution is -2.21. The molecule has 0 amide bonds. The van der Waals surface area contributed by atoms with E-state index < -0.39 is 0 Å². The van der Waals surface area contributed by atoms with Crippen LogP contribution in [0.15, 0.2) is 6.07 Å². The van der Waals surface area contributed by atoms with Crippen LogP contribution in [0.1, 0.15) is 76.0 Å². The van der Waals surface area contributed by atoms with Crippen molar-refractivity contribution in [3.63, 3.8) is 0 Å². The van der Waals surface area contributed by atoms with Crippen LogP contribution in [0.2, 0.25) is 0 Å². The molecule has 1 heterocycles. The van der Waals surface area contributed by atoms with E-state index in [1.54, 1.807) is 0 Å². The maximum Gasteiger partial charge on any atom is 0.131 e. The summed E-state index contributed by atoms with van der Waals surface area (Å²) >= 11 is 0. The highest BCUT2D eigenvalue weighted by molar-refractivity contribution is 5.12. The first-order chi connectivity index (χ1) is 10.1. The van der Waals surface area contributed by atoms with Crippen LogP contribution in [0.5, 0.6) is 0 Å². The Bertz CT molecular complexity index is 434. The Balaban J connectivity index is 1.98. The van der Waals surface area contributed by atoms with E-state index in [1.165, 1.54) is 32.1 Å². The van der Waals surface area contributed by atoms with Gasteiger partial charge in [-0.05, 0) is 57.1 Å². The lowest BCUT2D eigenvalue weighted by molar-refractivity contribution is 0.311. The second-order valence-electron chi connectivity index (χ2n) is 7.01. The Hall–Kier alpha value is -0.960. The molecule has 1 saturated carbocycles. The number of aryl methyl sites for hydroxylation is 1. The van der Waals surface area contributed by atoms with Crippen molar-refractivity contribution in [3.05, 3.63) is 23.3 Å². The van der Waals surface area contributed by atoms with E-state index in [0.717, 1.165) is 36.2 Å². The second kappa shape index (κ2) is 7.88. The van der Waals surface area contributed by atoms with Crippen molar-refractivity contribution in [2.75, 3.05) is 6.54 Å². The zero-order valence-corrected chi connectivity index (χ0v) is 14.2. The van der Waals surface area contributed by atoms with Gasteiger partial charge >= 0.3 is 0 Å². The van der Waals surface area contributed by atoms with Crippen molar-refractivity contribution in [1.82, 2.24) is 15.3 Å². The maximum absolute atomic E-state index is 4.83. The number of hydrogen-bond acceptors (Lipinski definition) is 3. The van der Waals surface area contributed by atoms with Crippen LogP contribution < -0.4 is 5.32 Å². The van der Waals surface area contributed by atoms with Gasteiger partial charge in [0.25, 0.3) is 0 Å². The summed E-state index contributed by atoms with van der Waals surface area (Å²) in [6.07, 6.45) is 6.55. The minimum Gasteiger partial charge on any atom is -0.311 e. The molecule has 118 valence electrons. The molecule has 0 radical (unpaired) electrons. The number of nitrogens with zero attached hydrogens (tertiary/aromatic N) is 2. The van der Waals surface area contributed by atoms with Gasteiger partial charge in [-0.25, -0.2) is 9.97 Å². The molecule has 0 unspecified atom stereocenters. The molecule has 0 bridgehead atoms. The van der Waals surface area contributed by atoms with Gasteiger partial charge < -0.3 is 5.32 Å². The monoisotopic (exact) mass is 289 g/mol. The molecule has 0 aromatic carbocycles. The molecule has 1 aliphatic carbocycles. The molecule has 0 atom stereocenters. The average Bonchev–Trinajstić information content (AvgIpc) is 2.46. The minimum atomic E-state index is 0.580. The van der Waals surface area contributed by atoms with Gasteiger partial charge in [0.2, 0.25) is 0 Å². The van der Waals surface area contributed by atoms with Gasteiger partial charge in [-0.15, -0.1) is 0 Å². The van der Waals surface area contributed by atoms with Gasteiger partial charge in [0.1, 0.15) is 5.82 Å². The van der Waals surface area contributed by atoms with Gasteiger partial charge in [-0.3, -0.25) is 0 Å². The van der Waals surface area contributed by atoms with Crippen LogP contribution in [0, 0.1) is 18.8 Å².